The Labute approximate surface area is 173 Å². The zero-order chi connectivity index (χ0) is 20.8. The minimum absolute atomic E-state index is 0.188. The first-order chi connectivity index (χ1) is 14.0. The number of benzene rings is 2. The molecule has 1 aliphatic heterocycles. The molecule has 29 heavy (non-hydrogen) atoms. The van der Waals surface area contributed by atoms with E-state index in [1.165, 1.54) is 18.4 Å². The number of amides is 1. The van der Waals surface area contributed by atoms with Gasteiger partial charge in [0, 0.05) is 24.3 Å². The van der Waals surface area contributed by atoms with Gasteiger partial charge in [-0.15, -0.1) is 0 Å². The number of carbonyl (C=O) groups excluding carboxylic acids is 2. The van der Waals surface area contributed by atoms with Crippen LogP contribution in [0.3, 0.4) is 0 Å². The van der Waals surface area contributed by atoms with Crippen LogP contribution in [0, 0.1) is 12.8 Å². The van der Waals surface area contributed by atoms with E-state index in [0.717, 1.165) is 31.1 Å². The second kappa shape index (κ2) is 9.70. The quantitative estimate of drug-likeness (QED) is 0.724. The fourth-order valence-corrected chi connectivity index (χ4v) is 3.74. The number of ether oxygens (including phenoxy) is 1. The van der Waals surface area contributed by atoms with E-state index < -0.39 is 0 Å². The highest BCUT2D eigenvalue weighted by Crippen LogP contribution is 2.20. The SMILES string of the molecule is CCOC(=O)c1ccc(C)c(NC(=O)c2ccc(CN3CCC[C@@H](C)C3)cc2)c1. The van der Waals surface area contributed by atoms with E-state index in [9.17, 15) is 9.59 Å². The number of likely N-dealkylation sites (tertiary alicyclic amines) is 1. The van der Waals surface area contributed by atoms with Gasteiger partial charge in [-0.2, -0.15) is 0 Å². The van der Waals surface area contributed by atoms with Crippen molar-refractivity contribution in [3.05, 3.63) is 64.7 Å². The van der Waals surface area contributed by atoms with Crippen LogP contribution in [-0.4, -0.2) is 36.5 Å². The summed E-state index contributed by atoms with van der Waals surface area (Å²) in [6.07, 6.45) is 2.57. The van der Waals surface area contributed by atoms with Crippen LogP contribution in [0.5, 0.6) is 0 Å². The highest BCUT2D eigenvalue weighted by atomic mass is 16.5. The first kappa shape index (κ1) is 21.1. The molecule has 5 nitrogen and oxygen atoms in total. The molecule has 1 saturated heterocycles. The van der Waals surface area contributed by atoms with Gasteiger partial charge in [0.05, 0.1) is 12.2 Å². The molecule has 2 aromatic rings. The average Bonchev–Trinajstić information content (AvgIpc) is 2.70. The molecule has 0 bridgehead atoms. The van der Waals surface area contributed by atoms with Crippen LogP contribution in [0.4, 0.5) is 5.69 Å². The maximum Gasteiger partial charge on any atom is 0.338 e. The Kier molecular flexibility index (Phi) is 7.04. The highest BCUT2D eigenvalue weighted by Gasteiger charge is 2.17. The molecule has 2 aromatic carbocycles. The third-order valence-electron chi connectivity index (χ3n) is 5.36. The lowest BCUT2D eigenvalue weighted by Gasteiger charge is -2.30. The van der Waals surface area contributed by atoms with Crippen LogP contribution in [0.2, 0.25) is 0 Å². The Morgan fingerprint density at radius 2 is 1.86 bits per heavy atom. The van der Waals surface area contributed by atoms with Crippen LogP contribution in [-0.2, 0) is 11.3 Å². The van der Waals surface area contributed by atoms with Crippen LogP contribution in [0.15, 0.2) is 42.5 Å². The minimum Gasteiger partial charge on any atom is -0.462 e. The number of hydrogen-bond donors (Lipinski definition) is 1. The van der Waals surface area contributed by atoms with E-state index in [1.807, 2.05) is 37.3 Å². The molecule has 1 aliphatic rings. The Hall–Kier alpha value is -2.66. The lowest BCUT2D eigenvalue weighted by molar-refractivity contribution is 0.0526. The minimum atomic E-state index is -0.389. The molecule has 0 radical (unpaired) electrons. The molecule has 1 heterocycles. The van der Waals surface area contributed by atoms with Crippen molar-refractivity contribution in [1.82, 2.24) is 4.90 Å². The summed E-state index contributed by atoms with van der Waals surface area (Å²) in [5.41, 5.74) is 3.76. The summed E-state index contributed by atoms with van der Waals surface area (Å²) >= 11 is 0. The molecule has 1 fully saturated rings. The van der Waals surface area contributed by atoms with Crippen molar-refractivity contribution in [2.75, 3.05) is 25.0 Å². The standard InChI is InChI=1S/C24H30N2O3/c1-4-29-24(28)21-10-7-18(3)22(14-21)25-23(27)20-11-8-19(9-12-20)16-26-13-5-6-17(2)15-26/h7-12,14,17H,4-6,13,15-16H2,1-3H3,(H,25,27)/t17-/m1/s1. The van der Waals surface area contributed by atoms with Gasteiger partial charge < -0.3 is 10.1 Å². The summed E-state index contributed by atoms with van der Waals surface area (Å²) in [5.74, 6) is 0.175. The number of nitrogens with zero attached hydrogens (tertiary/aromatic N) is 1. The lowest BCUT2D eigenvalue weighted by Crippen LogP contribution is -2.33. The van der Waals surface area contributed by atoms with Crippen molar-refractivity contribution in [3.8, 4) is 0 Å². The smallest absolute Gasteiger partial charge is 0.338 e. The molecule has 154 valence electrons. The number of anilines is 1. The summed E-state index contributed by atoms with van der Waals surface area (Å²) < 4.78 is 5.04. The van der Waals surface area contributed by atoms with Gasteiger partial charge in [0.25, 0.3) is 5.91 Å². The maximum atomic E-state index is 12.7. The van der Waals surface area contributed by atoms with Crippen molar-refractivity contribution < 1.29 is 14.3 Å². The van der Waals surface area contributed by atoms with Gasteiger partial charge in [0.1, 0.15) is 0 Å². The van der Waals surface area contributed by atoms with Gasteiger partial charge in [0.2, 0.25) is 0 Å². The third kappa shape index (κ3) is 5.67. The third-order valence-corrected chi connectivity index (χ3v) is 5.36. The van der Waals surface area contributed by atoms with E-state index in [-0.39, 0.29) is 11.9 Å². The van der Waals surface area contributed by atoms with Gasteiger partial charge in [-0.3, -0.25) is 9.69 Å². The molecular weight excluding hydrogens is 364 g/mol. The molecular formula is C24H30N2O3. The number of aryl methyl sites for hydroxylation is 1. The van der Waals surface area contributed by atoms with Crippen LogP contribution in [0.25, 0.3) is 0 Å². The molecule has 0 aromatic heterocycles. The van der Waals surface area contributed by atoms with Crippen molar-refractivity contribution >= 4 is 17.6 Å². The Bertz CT molecular complexity index is 861. The van der Waals surface area contributed by atoms with E-state index in [4.69, 9.17) is 4.74 Å². The average molecular weight is 395 g/mol. The van der Waals surface area contributed by atoms with E-state index in [1.54, 1.807) is 19.1 Å². The normalized spacial score (nSPS) is 17.0. The summed E-state index contributed by atoms with van der Waals surface area (Å²) in [6.45, 7) is 9.49. The molecule has 5 heteroatoms. The number of rotatable bonds is 6. The van der Waals surface area contributed by atoms with Gasteiger partial charge >= 0.3 is 5.97 Å². The molecule has 0 unspecified atom stereocenters. The fraction of sp³-hybridized carbons (Fsp3) is 0.417. The first-order valence-electron chi connectivity index (χ1n) is 10.4. The molecule has 1 amide bonds. The second-order valence-electron chi connectivity index (χ2n) is 7.88. The zero-order valence-corrected chi connectivity index (χ0v) is 17.5. The zero-order valence-electron chi connectivity index (χ0n) is 17.5. The predicted octanol–water partition coefficient (Wildman–Crippen LogP) is 4.66. The van der Waals surface area contributed by atoms with E-state index >= 15 is 0 Å². The Morgan fingerprint density at radius 3 is 2.55 bits per heavy atom. The van der Waals surface area contributed by atoms with Gasteiger partial charge in [0.15, 0.2) is 0 Å². The topological polar surface area (TPSA) is 58.6 Å². The highest BCUT2D eigenvalue weighted by molar-refractivity contribution is 6.05. The molecule has 1 N–H and O–H groups in total. The summed E-state index contributed by atoms with van der Waals surface area (Å²) in [5, 5.41) is 2.91. The second-order valence-corrected chi connectivity index (χ2v) is 7.88. The van der Waals surface area contributed by atoms with Gasteiger partial charge in [-0.05, 0) is 74.5 Å². The number of nitrogens with one attached hydrogen (secondary N) is 1. The maximum absolute atomic E-state index is 12.7. The van der Waals surface area contributed by atoms with E-state index in [2.05, 4.69) is 17.1 Å². The number of piperidine rings is 1. The summed E-state index contributed by atoms with van der Waals surface area (Å²) in [7, 11) is 0. The number of hydrogen-bond acceptors (Lipinski definition) is 4. The first-order valence-corrected chi connectivity index (χ1v) is 10.4. The van der Waals surface area contributed by atoms with Crippen molar-refractivity contribution in [2.45, 2.75) is 40.2 Å². The van der Waals surface area contributed by atoms with Gasteiger partial charge in [-0.25, -0.2) is 4.79 Å². The van der Waals surface area contributed by atoms with E-state index in [0.29, 0.717) is 23.4 Å². The number of carbonyl (C=O) groups is 2. The van der Waals surface area contributed by atoms with Crippen molar-refractivity contribution in [2.24, 2.45) is 5.92 Å². The molecule has 3 rings (SSSR count). The Morgan fingerprint density at radius 1 is 1.14 bits per heavy atom. The summed E-state index contributed by atoms with van der Waals surface area (Å²) in [4.78, 5) is 27.1. The Balaban J connectivity index is 1.65. The van der Waals surface area contributed by atoms with Crippen LogP contribution >= 0.6 is 0 Å². The number of esters is 1. The molecule has 0 spiro atoms. The van der Waals surface area contributed by atoms with Gasteiger partial charge in [-0.1, -0.05) is 25.1 Å². The molecule has 1 atom stereocenters. The fourth-order valence-electron chi connectivity index (χ4n) is 3.74. The van der Waals surface area contributed by atoms with Crippen LogP contribution < -0.4 is 5.32 Å². The monoisotopic (exact) mass is 394 g/mol. The summed E-state index contributed by atoms with van der Waals surface area (Å²) in [6, 6.07) is 13.0. The van der Waals surface area contributed by atoms with Crippen molar-refractivity contribution in [1.29, 1.82) is 0 Å². The van der Waals surface area contributed by atoms with Crippen LogP contribution in [0.1, 0.15) is 58.5 Å². The van der Waals surface area contributed by atoms with Crippen molar-refractivity contribution in [3.63, 3.8) is 0 Å². The lowest BCUT2D eigenvalue weighted by atomic mass is 9.99. The molecule has 0 aliphatic carbocycles. The largest absolute Gasteiger partial charge is 0.462 e. The predicted molar refractivity (Wildman–Crippen MR) is 115 cm³/mol. The molecule has 0 saturated carbocycles.